The van der Waals surface area contributed by atoms with Gasteiger partial charge in [-0.25, -0.2) is 9.97 Å². The van der Waals surface area contributed by atoms with Crippen LogP contribution >= 0.6 is 11.3 Å². The van der Waals surface area contributed by atoms with Crippen molar-refractivity contribution in [2.45, 2.75) is 13.5 Å². The highest BCUT2D eigenvalue weighted by Gasteiger charge is 2.15. The average molecular weight is 302 g/mol. The van der Waals surface area contributed by atoms with Crippen molar-refractivity contribution in [1.29, 1.82) is 0 Å². The number of nitrogens with one attached hydrogen (secondary N) is 1. The van der Waals surface area contributed by atoms with E-state index in [-0.39, 0.29) is 0 Å². The standard InChI is InChI=1S/C14H18N6S/c1-9-7-10-12(17-14(15-2)18-13(10)21-9)20(4)8-11-16-5-6-19(11)3/h5-7H,8H2,1-4H3,(H,15,17,18). The zero-order valence-corrected chi connectivity index (χ0v) is 13.4. The molecular formula is C14H18N6S. The number of hydrogen-bond donors (Lipinski definition) is 1. The first-order valence-corrected chi connectivity index (χ1v) is 7.53. The molecule has 0 unspecified atom stereocenters. The van der Waals surface area contributed by atoms with Crippen molar-refractivity contribution in [3.63, 3.8) is 0 Å². The maximum absolute atomic E-state index is 4.62. The molecule has 1 N–H and O–H groups in total. The molecule has 0 aliphatic rings. The van der Waals surface area contributed by atoms with E-state index in [0.29, 0.717) is 12.5 Å². The fourth-order valence-corrected chi connectivity index (χ4v) is 3.14. The molecule has 0 aliphatic heterocycles. The third-order valence-corrected chi connectivity index (χ3v) is 4.32. The van der Waals surface area contributed by atoms with Gasteiger partial charge in [0.1, 0.15) is 16.5 Å². The second-order valence-electron chi connectivity index (χ2n) is 5.01. The first kappa shape index (κ1) is 13.8. The van der Waals surface area contributed by atoms with Gasteiger partial charge in [-0.15, -0.1) is 11.3 Å². The van der Waals surface area contributed by atoms with Crippen molar-refractivity contribution < 1.29 is 0 Å². The van der Waals surface area contributed by atoms with Gasteiger partial charge in [0.15, 0.2) is 0 Å². The van der Waals surface area contributed by atoms with Gasteiger partial charge in [-0.3, -0.25) is 0 Å². The molecule has 0 atom stereocenters. The molecule has 3 heterocycles. The van der Waals surface area contributed by atoms with Crippen molar-refractivity contribution in [1.82, 2.24) is 19.5 Å². The molecule has 3 aromatic heterocycles. The van der Waals surface area contributed by atoms with Crippen LogP contribution in [0.25, 0.3) is 10.2 Å². The van der Waals surface area contributed by atoms with Gasteiger partial charge in [-0.05, 0) is 13.0 Å². The lowest BCUT2D eigenvalue weighted by Gasteiger charge is -2.19. The van der Waals surface area contributed by atoms with Crippen LogP contribution in [0.1, 0.15) is 10.7 Å². The van der Waals surface area contributed by atoms with Gasteiger partial charge < -0.3 is 14.8 Å². The van der Waals surface area contributed by atoms with Crippen LogP contribution in [0.2, 0.25) is 0 Å². The summed E-state index contributed by atoms with van der Waals surface area (Å²) in [7, 11) is 5.87. The quantitative estimate of drug-likeness (QED) is 0.802. The summed E-state index contributed by atoms with van der Waals surface area (Å²) in [6.45, 7) is 2.79. The highest BCUT2D eigenvalue weighted by molar-refractivity contribution is 7.18. The molecule has 0 fully saturated rings. The Labute approximate surface area is 127 Å². The summed E-state index contributed by atoms with van der Waals surface area (Å²) < 4.78 is 2.02. The highest BCUT2D eigenvalue weighted by atomic mass is 32.1. The molecule has 0 bridgehead atoms. The van der Waals surface area contributed by atoms with Gasteiger partial charge in [-0.2, -0.15) is 4.98 Å². The molecule has 0 amide bonds. The minimum absolute atomic E-state index is 0.644. The van der Waals surface area contributed by atoms with Crippen LogP contribution in [0.5, 0.6) is 0 Å². The zero-order chi connectivity index (χ0) is 15.0. The summed E-state index contributed by atoms with van der Waals surface area (Å²) in [5, 5.41) is 4.12. The number of aryl methyl sites for hydroxylation is 2. The Balaban J connectivity index is 2.03. The largest absolute Gasteiger partial charge is 0.357 e. The third-order valence-electron chi connectivity index (χ3n) is 3.38. The van der Waals surface area contributed by atoms with Gasteiger partial charge in [0.25, 0.3) is 0 Å². The Kier molecular flexibility index (Phi) is 3.50. The molecule has 110 valence electrons. The van der Waals surface area contributed by atoms with Crippen LogP contribution in [0.4, 0.5) is 11.8 Å². The number of hydrogen-bond acceptors (Lipinski definition) is 6. The fraction of sp³-hybridized carbons (Fsp3) is 0.357. The van der Waals surface area contributed by atoms with E-state index in [9.17, 15) is 0 Å². The molecule has 0 saturated heterocycles. The summed E-state index contributed by atoms with van der Waals surface area (Å²) in [4.78, 5) is 17.9. The number of rotatable bonds is 4. The lowest BCUT2D eigenvalue weighted by molar-refractivity contribution is 0.757. The number of fused-ring (bicyclic) bond motifs is 1. The Morgan fingerprint density at radius 2 is 2.19 bits per heavy atom. The SMILES string of the molecule is CNc1nc(N(C)Cc2nccn2C)c2cc(C)sc2n1. The van der Waals surface area contributed by atoms with E-state index in [4.69, 9.17) is 0 Å². The minimum Gasteiger partial charge on any atom is -0.357 e. The number of thiophene rings is 1. The van der Waals surface area contributed by atoms with Gasteiger partial charge >= 0.3 is 0 Å². The topological polar surface area (TPSA) is 58.9 Å². The Bertz CT molecular complexity index is 775. The monoisotopic (exact) mass is 302 g/mol. The smallest absolute Gasteiger partial charge is 0.225 e. The molecule has 21 heavy (non-hydrogen) atoms. The van der Waals surface area contributed by atoms with E-state index >= 15 is 0 Å². The van der Waals surface area contributed by atoms with Crippen LogP contribution < -0.4 is 10.2 Å². The van der Waals surface area contributed by atoms with Crippen LogP contribution in [0.15, 0.2) is 18.5 Å². The molecule has 7 heteroatoms. The van der Waals surface area contributed by atoms with Gasteiger partial charge in [0.2, 0.25) is 5.95 Å². The minimum atomic E-state index is 0.644. The maximum atomic E-state index is 4.62. The number of aromatic nitrogens is 4. The van der Waals surface area contributed by atoms with Crippen molar-refractivity contribution in [3.8, 4) is 0 Å². The summed E-state index contributed by atoms with van der Waals surface area (Å²) in [6.07, 6.45) is 3.76. The van der Waals surface area contributed by atoms with Crippen LogP contribution in [0.3, 0.4) is 0 Å². The Morgan fingerprint density at radius 3 is 2.86 bits per heavy atom. The van der Waals surface area contributed by atoms with Gasteiger partial charge in [0, 0.05) is 38.4 Å². The predicted molar refractivity (Wildman–Crippen MR) is 87.0 cm³/mol. The van der Waals surface area contributed by atoms with Crippen molar-refractivity contribution in [2.75, 3.05) is 24.3 Å². The fourth-order valence-electron chi connectivity index (χ4n) is 2.27. The number of anilines is 2. The second-order valence-corrected chi connectivity index (χ2v) is 6.24. The van der Waals surface area contributed by atoms with Gasteiger partial charge in [0.05, 0.1) is 11.9 Å². The second kappa shape index (κ2) is 5.33. The normalized spacial score (nSPS) is 11.0. The lowest BCUT2D eigenvalue weighted by atomic mass is 10.3. The van der Waals surface area contributed by atoms with Crippen LogP contribution in [-0.2, 0) is 13.6 Å². The molecule has 3 aromatic rings. The van der Waals surface area contributed by atoms with Gasteiger partial charge in [-0.1, -0.05) is 0 Å². The van der Waals surface area contributed by atoms with Crippen molar-refractivity contribution in [2.24, 2.45) is 7.05 Å². The molecule has 0 aliphatic carbocycles. The van der Waals surface area contributed by atoms with E-state index in [1.807, 2.05) is 38.1 Å². The zero-order valence-electron chi connectivity index (χ0n) is 12.6. The van der Waals surface area contributed by atoms with E-state index < -0.39 is 0 Å². The first-order chi connectivity index (χ1) is 10.1. The van der Waals surface area contributed by atoms with E-state index in [1.165, 1.54) is 4.88 Å². The van der Waals surface area contributed by atoms with Crippen LogP contribution in [-0.4, -0.2) is 33.6 Å². The molecule has 0 aromatic carbocycles. The average Bonchev–Trinajstić information content (AvgIpc) is 3.02. The molecular weight excluding hydrogens is 284 g/mol. The van der Waals surface area contributed by atoms with E-state index in [0.717, 1.165) is 21.9 Å². The molecule has 3 rings (SSSR count). The third kappa shape index (κ3) is 2.56. The van der Waals surface area contributed by atoms with Crippen molar-refractivity contribution in [3.05, 3.63) is 29.2 Å². The molecule has 0 radical (unpaired) electrons. The molecule has 0 spiro atoms. The first-order valence-electron chi connectivity index (χ1n) is 6.71. The van der Waals surface area contributed by atoms with Crippen molar-refractivity contribution >= 4 is 33.3 Å². The van der Waals surface area contributed by atoms with E-state index in [2.05, 4.69) is 38.2 Å². The predicted octanol–water partition coefficient (Wildman–Crippen LogP) is 2.41. The molecule has 0 saturated carbocycles. The lowest BCUT2D eigenvalue weighted by Crippen LogP contribution is -2.20. The summed E-state index contributed by atoms with van der Waals surface area (Å²) in [5.74, 6) is 2.57. The van der Waals surface area contributed by atoms with Crippen LogP contribution in [0, 0.1) is 6.92 Å². The van der Waals surface area contributed by atoms with E-state index in [1.54, 1.807) is 11.3 Å². The number of imidazole rings is 1. The Hall–Kier alpha value is -2.15. The maximum Gasteiger partial charge on any atom is 0.225 e. The number of nitrogens with zero attached hydrogens (tertiary/aromatic N) is 5. The summed E-state index contributed by atoms with van der Waals surface area (Å²) in [5.41, 5.74) is 0. The summed E-state index contributed by atoms with van der Waals surface area (Å²) >= 11 is 1.69. The Morgan fingerprint density at radius 1 is 1.38 bits per heavy atom. The summed E-state index contributed by atoms with van der Waals surface area (Å²) in [6, 6.07) is 2.14. The highest BCUT2D eigenvalue weighted by Crippen LogP contribution is 2.31. The molecule has 6 nitrogen and oxygen atoms in total.